The van der Waals surface area contributed by atoms with Crippen molar-refractivity contribution in [3.05, 3.63) is 88.1 Å². The van der Waals surface area contributed by atoms with E-state index in [1.807, 2.05) is 18.2 Å². The van der Waals surface area contributed by atoms with Gasteiger partial charge in [-0.2, -0.15) is 4.52 Å². The molecule has 200 valence electrons. The zero-order valence-electron chi connectivity index (χ0n) is 20.6. The number of aromatic nitrogens is 4. The van der Waals surface area contributed by atoms with Gasteiger partial charge in [0.25, 0.3) is 5.91 Å². The van der Waals surface area contributed by atoms with Crippen LogP contribution in [0.5, 0.6) is 6.01 Å². The van der Waals surface area contributed by atoms with Gasteiger partial charge in [-0.1, -0.05) is 47.9 Å². The van der Waals surface area contributed by atoms with E-state index < -0.39 is 36.3 Å². The van der Waals surface area contributed by atoms with Gasteiger partial charge in [-0.05, 0) is 53.8 Å². The lowest BCUT2D eigenvalue weighted by molar-refractivity contribution is -0.124. The Bertz CT molecular complexity index is 1380. The normalized spacial score (nSPS) is 12.9. The Labute approximate surface area is 222 Å². The van der Waals surface area contributed by atoms with Crippen molar-refractivity contribution < 1.29 is 23.4 Å². The summed E-state index contributed by atoms with van der Waals surface area (Å²) in [5.41, 5.74) is 2.90. The SMILES string of the molecule is CCc1cccc(CNC[C@H](O)[C@H](Cc2cc(F)cc(F)c2)NC(=O)COc2nnc3ccc(Cl)nn23)c1. The summed E-state index contributed by atoms with van der Waals surface area (Å²) < 4.78 is 34.2. The molecule has 0 fully saturated rings. The molecule has 2 heterocycles. The monoisotopic (exact) mass is 544 g/mol. The first-order valence-electron chi connectivity index (χ1n) is 12.0. The highest BCUT2D eigenvalue weighted by Crippen LogP contribution is 2.14. The lowest BCUT2D eigenvalue weighted by Crippen LogP contribution is -2.49. The van der Waals surface area contributed by atoms with Crippen LogP contribution in [0.2, 0.25) is 5.15 Å². The van der Waals surface area contributed by atoms with Crippen molar-refractivity contribution in [3.8, 4) is 6.01 Å². The zero-order valence-corrected chi connectivity index (χ0v) is 21.3. The number of rotatable bonds is 12. The number of hydrogen-bond donors (Lipinski definition) is 3. The van der Waals surface area contributed by atoms with E-state index in [1.165, 1.54) is 16.1 Å². The minimum Gasteiger partial charge on any atom is -0.452 e. The maximum atomic E-state index is 13.8. The number of halogens is 3. The molecule has 0 aliphatic rings. The van der Waals surface area contributed by atoms with Crippen molar-refractivity contribution in [2.75, 3.05) is 13.2 Å². The average molecular weight is 545 g/mol. The highest BCUT2D eigenvalue weighted by atomic mass is 35.5. The van der Waals surface area contributed by atoms with E-state index >= 15 is 0 Å². The number of fused-ring (bicyclic) bond motifs is 1. The molecule has 38 heavy (non-hydrogen) atoms. The number of aryl methyl sites for hydroxylation is 1. The molecular formula is C26H27ClF2N6O3. The van der Waals surface area contributed by atoms with Gasteiger partial charge in [0, 0.05) is 19.2 Å². The fourth-order valence-electron chi connectivity index (χ4n) is 3.95. The van der Waals surface area contributed by atoms with Crippen LogP contribution in [0.3, 0.4) is 0 Å². The largest absolute Gasteiger partial charge is 0.452 e. The van der Waals surface area contributed by atoms with Gasteiger partial charge < -0.3 is 20.5 Å². The fraction of sp³-hybridized carbons (Fsp3) is 0.308. The molecule has 0 saturated carbocycles. The molecule has 0 spiro atoms. The molecule has 0 aliphatic heterocycles. The quantitative estimate of drug-likeness (QED) is 0.251. The highest BCUT2D eigenvalue weighted by molar-refractivity contribution is 6.29. The third-order valence-electron chi connectivity index (χ3n) is 5.81. The zero-order chi connectivity index (χ0) is 27.1. The number of aliphatic hydroxyl groups excluding tert-OH is 1. The van der Waals surface area contributed by atoms with E-state index in [-0.39, 0.29) is 29.7 Å². The molecule has 2 atom stereocenters. The first-order valence-corrected chi connectivity index (χ1v) is 12.4. The lowest BCUT2D eigenvalue weighted by atomic mass is 10.0. The molecule has 0 unspecified atom stereocenters. The number of benzene rings is 2. The number of hydrogen-bond acceptors (Lipinski definition) is 7. The number of ether oxygens (including phenoxy) is 1. The fourth-order valence-corrected chi connectivity index (χ4v) is 4.09. The second kappa shape index (κ2) is 12.7. The number of carbonyl (C=O) groups is 1. The van der Waals surface area contributed by atoms with Gasteiger partial charge in [-0.15, -0.1) is 10.2 Å². The van der Waals surface area contributed by atoms with Crippen LogP contribution in [-0.2, 0) is 24.2 Å². The topological polar surface area (TPSA) is 114 Å². The first-order chi connectivity index (χ1) is 18.3. The molecule has 1 amide bonds. The number of amides is 1. The second-order valence-corrected chi connectivity index (χ2v) is 9.11. The molecule has 3 N–H and O–H groups in total. The lowest BCUT2D eigenvalue weighted by Gasteiger charge is -2.25. The molecule has 2 aromatic carbocycles. The molecule has 2 aromatic heterocycles. The van der Waals surface area contributed by atoms with Crippen molar-refractivity contribution in [1.82, 2.24) is 30.4 Å². The maximum Gasteiger partial charge on any atom is 0.339 e. The molecule has 12 heteroatoms. The van der Waals surface area contributed by atoms with Crippen molar-refractivity contribution >= 4 is 23.2 Å². The van der Waals surface area contributed by atoms with Gasteiger partial charge in [0.1, 0.15) is 16.8 Å². The van der Waals surface area contributed by atoms with E-state index in [4.69, 9.17) is 16.3 Å². The van der Waals surface area contributed by atoms with Gasteiger partial charge in [-0.3, -0.25) is 4.79 Å². The van der Waals surface area contributed by atoms with Crippen LogP contribution >= 0.6 is 11.6 Å². The van der Waals surface area contributed by atoms with Gasteiger partial charge in [0.05, 0.1) is 12.1 Å². The maximum absolute atomic E-state index is 13.8. The van der Waals surface area contributed by atoms with Gasteiger partial charge >= 0.3 is 6.01 Å². The Hall–Kier alpha value is -3.67. The van der Waals surface area contributed by atoms with Crippen LogP contribution in [0.15, 0.2) is 54.6 Å². The van der Waals surface area contributed by atoms with Gasteiger partial charge in [0.2, 0.25) is 0 Å². The van der Waals surface area contributed by atoms with E-state index in [0.29, 0.717) is 12.2 Å². The minimum atomic E-state index is -1.07. The number of nitrogens with zero attached hydrogens (tertiary/aromatic N) is 4. The van der Waals surface area contributed by atoms with Crippen LogP contribution < -0.4 is 15.4 Å². The molecule has 0 saturated heterocycles. The van der Waals surface area contributed by atoms with Crippen LogP contribution in [0, 0.1) is 11.6 Å². The van der Waals surface area contributed by atoms with Crippen molar-refractivity contribution in [3.63, 3.8) is 0 Å². The van der Waals surface area contributed by atoms with Crippen molar-refractivity contribution in [2.24, 2.45) is 0 Å². The predicted molar refractivity (Wildman–Crippen MR) is 137 cm³/mol. The summed E-state index contributed by atoms with van der Waals surface area (Å²) in [4.78, 5) is 12.7. The summed E-state index contributed by atoms with van der Waals surface area (Å²) in [5, 5.41) is 28.7. The molecule has 4 aromatic rings. The second-order valence-electron chi connectivity index (χ2n) is 8.72. The summed E-state index contributed by atoms with van der Waals surface area (Å²) >= 11 is 5.90. The van der Waals surface area contributed by atoms with Gasteiger partial charge in [-0.25, -0.2) is 8.78 Å². The van der Waals surface area contributed by atoms with Crippen molar-refractivity contribution in [2.45, 2.75) is 38.5 Å². The van der Waals surface area contributed by atoms with E-state index in [1.54, 1.807) is 6.07 Å². The molecular weight excluding hydrogens is 518 g/mol. The summed E-state index contributed by atoms with van der Waals surface area (Å²) in [5.74, 6) is -2.08. The summed E-state index contributed by atoms with van der Waals surface area (Å²) in [7, 11) is 0. The number of carbonyl (C=O) groups excluding carboxylic acids is 1. The molecule has 0 radical (unpaired) electrons. The van der Waals surface area contributed by atoms with Crippen LogP contribution in [0.1, 0.15) is 23.6 Å². The smallest absolute Gasteiger partial charge is 0.339 e. The van der Waals surface area contributed by atoms with E-state index in [2.05, 4.69) is 38.9 Å². The summed E-state index contributed by atoms with van der Waals surface area (Å²) in [6.07, 6.45) is -0.182. The predicted octanol–water partition coefficient (Wildman–Crippen LogP) is 2.88. The Balaban J connectivity index is 1.40. The van der Waals surface area contributed by atoms with Gasteiger partial charge in [0.15, 0.2) is 12.3 Å². The molecule has 0 aliphatic carbocycles. The molecule has 4 rings (SSSR count). The average Bonchev–Trinajstić information content (AvgIpc) is 3.28. The van der Waals surface area contributed by atoms with E-state index in [9.17, 15) is 18.7 Å². The van der Waals surface area contributed by atoms with Crippen LogP contribution in [0.4, 0.5) is 8.78 Å². The van der Waals surface area contributed by atoms with Crippen LogP contribution in [0.25, 0.3) is 5.65 Å². The van der Waals surface area contributed by atoms with Crippen molar-refractivity contribution in [1.29, 1.82) is 0 Å². The standard InChI is InChI=1S/C26H27ClF2N6O3/c1-2-16-4-3-5-17(8-16)13-30-14-22(36)21(11-18-9-19(28)12-20(29)10-18)31-25(37)15-38-26-33-32-24-7-6-23(27)34-35(24)26/h3-10,12,21-22,30,36H,2,11,13-15H2,1H3,(H,31,37)/t21-,22-/m0/s1. The van der Waals surface area contributed by atoms with Crippen LogP contribution in [-0.4, -0.2) is 56.1 Å². The Morgan fingerprint density at radius 2 is 1.84 bits per heavy atom. The molecule has 9 nitrogen and oxygen atoms in total. The Morgan fingerprint density at radius 3 is 2.61 bits per heavy atom. The molecule has 0 bridgehead atoms. The first kappa shape index (κ1) is 27.4. The third-order valence-corrected chi connectivity index (χ3v) is 6.01. The minimum absolute atomic E-state index is 0.0143. The third kappa shape index (κ3) is 7.44. The highest BCUT2D eigenvalue weighted by Gasteiger charge is 2.23. The number of aliphatic hydroxyl groups is 1. The Morgan fingerprint density at radius 1 is 1.08 bits per heavy atom. The van der Waals surface area contributed by atoms with E-state index in [0.717, 1.165) is 30.2 Å². The summed E-state index contributed by atoms with van der Waals surface area (Å²) in [6.45, 7) is 2.22. The summed E-state index contributed by atoms with van der Waals surface area (Å²) in [6, 6.07) is 13.3. The Kier molecular flexibility index (Phi) is 9.16. The number of nitrogens with one attached hydrogen (secondary N) is 2.